The zero-order chi connectivity index (χ0) is 18.0. The molecule has 4 heteroatoms. The summed E-state index contributed by atoms with van der Waals surface area (Å²) in [5.74, 6) is -3.07. The van der Waals surface area contributed by atoms with Crippen LogP contribution < -0.4 is 0 Å². The molecule has 0 bridgehead atoms. The molecule has 126 valence electrons. The van der Waals surface area contributed by atoms with Crippen LogP contribution in [0.4, 0.5) is 0 Å². The fourth-order valence-electron chi connectivity index (χ4n) is 3.91. The monoisotopic (exact) mass is 333 g/mol. The lowest BCUT2D eigenvalue weighted by atomic mass is 9.59. The minimum atomic E-state index is -1.61. The number of benzene rings is 2. The van der Waals surface area contributed by atoms with Gasteiger partial charge in [-0.1, -0.05) is 60.7 Å². The molecule has 1 fully saturated rings. The molecule has 0 spiro atoms. The Morgan fingerprint density at radius 1 is 1.12 bits per heavy atom. The van der Waals surface area contributed by atoms with Crippen LogP contribution in [-0.2, 0) is 15.2 Å². The zero-order valence-corrected chi connectivity index (χ0v) is 13.9. The molecule has 0 amide bonds. The van der Waals surface area contributed by atoms with Gasteiger partial charge in [0.1, 0.15) is 17.2 Å². The van der Waals surface area contributed by atoms with Gasteiger partial charge < -0.3 is 5.11 Å². The third-order valence-corrected chi connectivity index (χ3v) is 5.06. The van der Waals surface area contributed by atoms with Crippen molar-refractivity contribution in [1.82, 2.24) is 0 Å². The molecule has 0 aliphatic heterocycles. The lowest BCUT2D eigenvalue weighted by molar-refractivity contribution is -0.146. The first-order chi connectivity index (χ1) is 12.0. The molecule has 1 saturated carbocycles. The van der Waals surface area contributed by atoms with Crippen molar-refractivity contribution in [3.8, 4) is 6.07 Å². The third-order valence-electron chi connectivity index (χ3n) is 5.06. The first kappa shape index (κ1) is 17.1. The average Bonchev–Trinajstić information content (AvgIpc) is 2.62. The van der Waals surface area contributed by atoms with Crippen LogP contribution in [0.1, 0.15) is 30.4 Å². The van der Waals surface area contributed by atoms with Gasteiger partial charge in [0.2, 0.25) is 0 Å². The van der Waals surface area contributed by atoms with Gasteiger partial charge in [-0.25, -0.2) is 0 Å². The molecular formula is C21H19NO3. The standard InChI is InChI=1S/C21H19NO3/c1-14(23)19-18(24)12-21(25,16-10-6-3-7-11-16)17(13-22)20(19)15-8-4-2-5-9-15/h2-11,17,19-20,25H,12H2,1H3. The molecule has 0 saturated heterocycles. The van der Waals surface area contributed by atoms with Crippen molar-refractivity contribution < 1.29 is 14.7 Å². The van der Waals surface area contributed by atoms with Crippen LogP contribution in [-0.4, -0.2) is 16.7 Å². The first-order valence-corrected chi connectivity index (χ1v) is 8.24. The Kier molecular flexibility index (Phi) is 4.52. The van der Waals surface area contributed by atoms with Gasteiger partial charge in [0.25, 0.3) is 0 Å². The maximum atomic E-state index is 12.8. The molecule has 1 aliphatic rings. The van der Waals surface area contributed by atoms with Gasteiger partial charge in [-0.15, -0.1) is 0 Å². The summed E-state index contributed by atoms with van der Waals surface area (Å²) >= 11 is 0. The largest absolute Gasteiger partial charge is 0.383 e. The number of carbonyl (C=O) groups excluding carboxylic acids is 2. The normalized spacial score (nSPS) is 29.0. The molecule has 2 aromatic carbocycles. The van der Waals surface area contributed by atoms with E-state index in [0.717, 1.165) is 5.56 Å². The molecule has 3 rings (SSSR count). The van der Waals surface area contributed by atoms with Gasteiger partial charge in [-0.2, -0.15) is 5.26 Å². The maximum Gasteiger partial charge on any atom is 0.147 e. The highest BCUT2D eigenvalue weighted by Crippen LogP contribution is 2.50. The molecule has 2 aromatic rings. The van der Waals surface area contributed by atoms with E-state index in [0.29, 0.717) is 5.56 Å². The molecule has 25 heavy (non-hydrogen) atoms. The van der Waals surface area contributed by atoms with E-state index in [4.69, 9.17) is 0 Å². The average molecular weight is 333 g/mol. The van der Waals surface area contributed by atoms with Crippen LogP contribution in [0.25, 0.3) is 0 Å². The summed E-state index contributed by atoms with van der Waals surface area (Å²) in [6.45, 7) is 1.37. The molecule has 4 nitrogen and oxygen atoms in total. The van der Waals surface area contributed by atoms with E-state index < -0.39 is 23.4 Å². The topological polar surface area (TPSA) is 78.2 Å². The molecule has 4 atom stereocenters. The number of carbonyl (C=O) groups is 2. The predicted molar refractivity (Wildman–Crippen MR) is 92.4 cm³/mol. The summed E-state index contributed by atoms with van der Waals surface area (Å²) in [6.07, 6.45) is -0.233. The number of aliphatic hydroxyl groups is 1. The highest BCUT2D eigenvalue weighted by molar-refractivity contribution is 6.03. The Balaban J connectivity index is 2.18. The Hall–Kier alpha value is -2.77. The highest BCUT2D eigenvalue weighted by atomic mass is 16.3. The van der Waals surface area contributed by atoms with Crippen molar-refractivity contribution in [2.45, 2.75) is 24.9 Å². The van der Waals surface area contributed by atoms with Gasteiger partial charge in [0.15, 0.2) is 0 Å². The van der Waals surface area contributed by atoms with Crippen molar-refractivity contribution in [3.63, 3.8) is 0 Å². The summed E-state index contributed by atoms with van der Waals surface area (Å²) < 4.78 is 0. The zero-order valence-electron chi connectivity index (χ0n) is 13.9. The van der Waals surface area contributed by atoms with Crippen molar-refractivity contribution in [2.24, 2.45) is 11.8 Å². The number of rotatable bonds is 3. The van der Waals surface area contributed by atoms with Crippen LogP contribution in [0.15, 0.2) is 60.7 Å². The summed E-state index contributed by atoms with van der Waals surface area (Å²) in [4.78, 5) is 25.0. The second kappa shape index (κ2) is 6.62. The Bertz CT molecular complexity index is 825. The second-order valence-corrected chi connectivity index (χ2v) is 6.56. The van der Waals surface area contributed by atoms with E-state index in [2.05, 4.69) is 6.07 Å². The Morgan fingerprint density at radius 3 is 2.20 bits per heavy atom. The van der Waals surface area contributed by atoms with Crippen molar-refractivity contribution >= 4 is 11.6 Å². The van der Waals surface area contributed by atoms with Crippen molar-refractivity contribution in [1.29, 1.82) is 5.26 Å². The van der Waals surface area contributed by atoms with E-state index in [1.807, 2.05) is 24.3 Å². The molecule has 1 N–H and O–H groups in total. The molecule has 0 heterocycles. The van der Waals surface area contributed by atoms with Crippen LogP contribution >= 0.6 is 0 Å². The van der Waals surface area contributed by atoms with Crippen molar-refractivity contribution in [3.05, 3.63) is 71.8 Å². The van der Waals surface area contributed by atoms with Crippen LogP contribution in [0, 0.1) is 23.2 Å². The summed E-state index contributed by atoms with van der Waals surface area (Å²) in [7, 11) is 0. The molecular weight excluding hydrogens is 314 g/mol. The molecule has 0 radical (unpaired) electrons. The predicted octanol–water partition coefficient (Wildman–Crippen LogP) is 2.98. The highest BCUT2D eigenvalue weighted by Gasteiger charge is 2.55. The third kappa shape index (κ3) is 2.88. The first-order valence-electron chi connectivity index (χ1n) is 8.24. The summed E-state index contributed by atoms with van der Waals surface area (Å²) in [5, 5.41) is 21.2. The van der Waals surface area contributed by atoms with Crippen molar-refractivity contribution in [2.75, 3.05) is 0 Å². The molecule has 1 aliphatic carbocycles. The summed E-state index contributed by atoms with van der Waals surface area (Å²) in [6, 6.07) is 20.0. The van der Waals surface area contributed by atoms with Gasteiger partial charge in [0, 0.05) is 12.3 Å². The van der Waals surface area contributed by atoms with Gasteiger partial charge in [-0.05, 0) is 18.1 Å². The SMILES string of the molecule is CC(=O)C1C(=O)CC(O)(c2ccccc2)C(C#N)C1c1ccccc1. The van der Waals surface area contributed by atoms with E-state index in [1.54, 1.807) is 36.4 Å². The van der Waals surface area contributed by atoms with E-state index in [9.17, 15) is 20.0 Å². The van der Waals surface area contributed by atoms with Crippen LogP contribution in [0.2, 0.25) is 0 Å². The lowest BCUT2D eigenvalue weighted by Crippen LogP contribution is -2.50. The number of Topliss-reactive ketones (excluding diaryl/α,β-unsaturated/α-hetero) is 2. The summed E-state index contributed by atoms with van der Waals surface area (Å²) in [5.41, 5.74) is -0.367. The number of nitriles is 1. The number of nitrogens with zero attached hydrogens (tertiary/aromatic N) is 1. The number of ketones is 2. The maximum absolute atomic E-state index is 12.8. The van der Waals surface area contributed by atoms with E-state index in [1.165, 1.54) is 6.92 Å². The van der Waals surface area contributed by atoms with E-state index in [-0.39, 0.29) is 18.0 Å². The van der Waals surface area contributed by atoms with Gasteiger partial charge in [-0.3, -0.25) is 9.59 Å². The lowest BCUT2D eigenvalue weighted by Gasteiger charge is -2.44. The Labute approximate surface area is 146 Å². The van der Waals surface area contributed by atoms with Gasteiger partial charge >= 0.3 is 0 Å². The Morgan fingerprint density at radius 2 is 1.68 bits per heavy atom. The minimum absolute atomic E-state index is 0.233. The number of hydrogen-bond acceptors (Lipinski definition) is 4. The fraction of sp³-hybridized carbons (Fsp3) is 0.286. The molecule has 0 aromatic heterocycles. The smallest absolute Gasteiger partial charge is 0.147 e. The fourth-order valence-corrected chi connectivity index (χ4v) is 3.91. The van der Waals surface area contributed by atoms with Gasteiger partial charge in [0.05, 0.1) is 17.9 Å². The van der Waals surface area contributed by atoms with E-state index >= 15 is 0 Å². The van der Waals surface area contributed by atoms with Crippen LogP contribution in [0.3, 0.4) is 0 Å². The second-order valence-electron chi connectivity index (χ2n) is 6.56. The minimum Gasteiger partial charge on any atom is -0.383 e. The quantitative estimate of drug-likeness (QED) is 0.876. The number of hydrogen-bond donors (Lipinski definition) is 1. The molecule has 4 unspecified atom stereocenters. The van der Waals surface area contributed by atoms with Crippen LogP contribution in [0.5, 0.6) is 0 Å².